The molecule has 0 amide bonds. The minimum atomic E-state index is -1.43. The highest BCUT2D eigenvalue weighted by atomic mass is 79.9. The van der Waals surface area contributed by atoms with E-state index in [2.05, 4.69) is 118 Å². The van der Waals surface area contributed by atoms with Crippen molar-refractivity contribution in [2.45, 2.75) is 410 Å². The SMILES string of the molecule is CC(=O)OC1OC(C)[C@H](C)[C@H](C)C1OC(C)=O.CC(=O)OC1[C@H](Br)OC(C)[C@H](C)[C@@H]1C.CC(=O)OC1[C@H](C)OC(C)[C@H](C)[C@@H]1C.CC1OC(O)C(O)[C@@H](O)[C@H]1O.CC1O[C@@H](C)C(O)[C@@H](C)[C@H]1C.CC1O[C@@H]2OC(C)(C)OC2[C@@H](C)[C@H]1C.CC1O[C@@H]2OC(C)(C)OC2[C@@H](C)[C@H]1C.CC1O[C@@H]2OC(C)(C)OC2[C@@H](O)[C@H]1O. The smallest absolute Gasteiger partial charge is 0.305 e. The van der Waals surface area contributed by atoms with E-state index < -0.39 is 103 Å². The maximum Gasteiger partial charge on any atom is 0.305 e. The van der Waals surface area contributed by atoms with E-state index in [0.717, 1.165) is 0 Å². The molecule has 18 unspecified atom stereocenters. The number of aliphatic hydroxyl groups is 7. The Bertz CT molecular complexity index is 2550. The van der Waals surface area contributed by atoms with E-state index in [0.29, 0.717) is 59.2 Å². The largest absolute Gasteiger partial charge is 0.460 e. The first-order valence-corrected chi connectivity index (χ1v) is 40.3. The molecule has 0 aliphatic carbocycles. The molecule has 11 aliphatic rings. The first-order valence-electron chi connectivity index (χ1n) is 39.4. The van der Waals surface area contributed by atoms with E-state index >= 15 is 0 Å². The summed E-state index contributed by atoms with van der Waals surface area (Å²) in [5, 5.41) is 64.7. The Morgan fingerprint density at radius 1 is 0.266 bits per heavy atom. The van der Waals surface area contributed by atoms with E-state index in [1.165, 1.54) is 34.6 Å². The highest BCUT2D eigenvalue weighted by molar-refractivity contribution is 9.09. The second-order valence-corrected chi connectivity index (χ2v) is 34.6. The fourth-order valence-corrected chi connectivity index (χ4v) is 15.9. The Morgan fingerprint density at radius 2 is 0.560 bits per heavy atom. The number of hydrogen-bond acceptors (Lipinski definition) is 29. The van der Waals surface area contributed by atoms with Crippen molar-refractivity contribution < 1.29 is 140 Å². The van der Waals surface area contributed by atoms with Crippen molar-refractivity contribution in [1.82, 2.24) is 0 Å². The van der Waals surface area contributed by atoms with Crippen LogP contribution in [-0.4, -0.2) is 248 Å². The number of hydrogen-bond donors (Lipinski definition) is 7. The van der Waals surface area contributed by atoms with E-state index in [-0.39, 0.29) is 121 Å². The average Bonchev–Trinajstić information content (AvgIpc) is 1.68. The fraction of sp³-hybridized carbons (Fsp3) is 0.949. The van der Waals surface area contributed by atoms with Crippen molar-refractivity contribution in [3.63, 3.8) is 0 Å². The molecule has 30 heteroatoms. The summed E-state index contributed by atoms with van der Waals surface area (Å²) in [6.45, 7) is 61.7. The molecule has 11 aliphatic heterocycles. The standard InChI is InChI=1S/C12H20O5.3C11H20O3.C10H17BrO3.C9H16O5.C9H18O2.C6H12O5/c1-6-7(2)11(16-9(4)13)12(15-8(6)3)17-10(5)14;2*1-6-7(2)9-10(12-8(6)3)14-11(4,5)13-9;1-6-7(2)11(14-10(5)12)9(4)13-8(6)3;1-5-6(2)9(14-8(4)12)10(11)13-7(5)3;1-4-5(10)6(11)7-8(12-4)14-9(2,3)13-7;1-5-6(2)9(10)8(4)11-7(5)3;1-2-3(7)4(8)5(9)6(10)11-2/h6-8,11-12H,1-5H3;2*6-10H,1-5H3;6-9,11H,1-5H3;5-7,9-10H,1-4H3;4-8,10-11H,1-3H3;5-10H,1-4H3;2-10H,1H3/t6-,7+,8?,11?,12?;2*6-,7+,8?,9?,10-;6-,7+,8?,9+,11?;5-,6+,7?,9?,10-;4?,5-,6-,7?,8+;5-,6+,7?,8+,9?;2?,3-,4-,5?,6?/m11111010/s1. The zero-order valence-electron chi connectivity index (χ0n) is 71.1. The van der Waals surface area contributed by atoms with Crippen LogP contribution < -0.4 is 0 Å². The predicted molar refractivity (Wildman–Crippen MR) is 402 cm³/mol. The number of alkyl halides is 1. The maximum absolute atomic E-state index is 11.1. The van der Waals surface area contributed by atoms with Gasteiger partial charge < -0.3 is 121 Å². The van der Waals surface area contributed by atoms with Crippen LogP contribution in [-0.2, 0) is 104 Å². The summed E-state index contributed by atoms with van der Waals surface area (Å²) in [6, 6.07) is 0. The molecule has 0 aromatic carbocycles. The summed E-state index contributed by atoms with van der Waals surface area (Å²) < 4.78 is 98.7. The van der Waals surface area contributed by atoms with Gasteiger partial charge in [0, 0.05) is 45.4 Å². The lowest BCUT2D eigenvalue weighted by atomic mass is 9.82. The third kappa shape index (κ3) is 27.3. The molecule has 11 rings (SSSR count). The molecule has 0 radical (unpaired) electrons. The van der Waals surface area contributed by atoms with Gasteiger partial charge in [0.15, 0.2) is 48.6 Å². The number of ether oxygens (including phenoxy) is 18. The summed E-state index contributed by atoms with van der Waals surface area (Å²) in [6.07, 6.45) is -10.4. The van der Waals surface area contributed by atoms with E-state index in [1.807, 2.05) is 69.2 Å². The first-order chi connectivity index (χ1) is 50.0. The number of rotatable bonds is 4. The lowest BCUT2D eigenvalue weighted by Crippen LogP contribution is -2.56. The van der Waals surface area contributed by atoms with Gasteiger partial charge in [0.25, 0.3) is 0 Å². The van der Waals surface area contributed by atoms with Crippen LogP contribution in [0.25, 0.3) is 0 Å². The molecule has 0 aromatic rings. The summed E-state index contributed by atoms with van der Waals surface area (Å²) >= 11 is 3.39. The van der Waals surface area contributed by atoms with Gasteiger partial charge in [0.05, 0.1) is 67.1 Å². The van der Waals surface area contributed by atoms with Crippen molar-refractivity contribution >= 4 is 39.8 Å². The second kappa shape index (κ2) is 42.1. The summed E-state index contributed by atoms with van der Waals surface area (Å²) in [7, 11) is 0. The van der Waals surface area contributed by atoms with Crippen LogP contribution in [0.3, 0.4) is 0 Å². The van der Waals surface area contributed by atoms with Crippen molar-refractivity contribution in [2.24, 2.45) is 71.0 Å². The molecule has 0 bridgehead atoms. The molecule has 11 saturated heterocycles. The summed E-state index contributed by atoms with van der Waals surface area (Å²) in [5.74, 6) is 1.57. The second-order valence-electron chi connectivity index (χ2n) is 33.7. The van der Waals surface area contributed by atoms with Gasteiger partial charge in [-0.3, -0.25) is 19.2 Å². The van der Waals surface area contributed by atoms with E-state index in [4.69, 9.17) is 101 Å². The normalized spacial score (nSPS) is 47.5. The quantitative estimate of drug-likeness (QED) is 0.0784. The van der Waals surface area contributed by atoms with Crippen LogP contribution >= 0.6 is 15.9 Å². The molecule has 640 valence electrons. The highest BCUT2D eigenvalue weighted by Crippen LogP contribution is 2.44. The van der Waals surface area contributed by atoms with Crippen molar-refractivity contribution in [3.8, 4) is 0 Å². The van der Waals surface area contributed by atoms with Crippen LogP contribution in [0.4, 0.5) is 0 Å². The number of fused-ring (bicyclic) bond motifs is 3. The van der Waals surface area contributed by atoms with Crippen molar-refractivity contribution in [2.75, 3.05) is 0 Å². The van der Waals surface area contributed by atoms with Crippen molar-refractivity contribution in [3.05, 3.63) is 0 Å². The lowest BCUT2D eigenvalue weighted by Gasteiger charge is -2.42. The third-order valence-electron chi connectivity index (χ3n) is 24.1. The van der Waals surface area contributed by atoms with Crippen LogP contribution in [0.2, 0.25) is 0 Å². The molecule has 40 atom stereocenters. The first kappa shape index (κ1) is 98.9. The minimum absolute atomic E-state index is 0.0000926. The molecular weight excluding hydrogens is 1490 g/mol. The van der Waals surface area contributed by atoms with Gasteiger partial charge in [-0.2, -0.15) is 0 Å². The fourth-order valence-electron chi connectivity index (χ4n) is 15.0. The molecular formula is C79H143BrO29. The number of carbonyl (C=O) groups is 4. The minimum Gasteiger partial charge on any atom is -0.460 e. The summed E-state index contributed by atoms with van der Waals surface area (Å²) in [5.41, 5.74) is 0. The molecule has 11 fully saturated rings. The zero-order chi connectivity index (χ0) is 83.6. The molecule has 11 heterocycles. The Kier molecular flexibility index (Phi) is 38.2. The Hall–Kier alpha value is -2.48. The monoisotopic (exact) mass is 1630 g/mol. The van der Waals surface area contributed by atoms with E-state index in [9.17, 15) is 34.5 Å². The zero-order valence-corrected chi connectivity index (χ0v) is 72.7. The molecule has 0 spiro atoms. The number of esters is 4. The number of carbonyl (C=O) groups excluding carboxylic acids is 4. The van der Waals surface area contributed by atoms with Gasteiger partial charge in [-0.15, -0.1) is 0 Å². The van der Waals surface area contributed by atoms with Gasteiger partial charge in [0.2, 0.25) is 6.29 Å². The molecule has 109 heavy (non-hydrogen) atoms. The lowest BCUT2D eigenvalue weighted by molar-refractivity contribution is -0.277. The molecule has 29 nitrogen and oxygen atoms in total. The molecule has 0 aromatic heterocycles. The van der Waals surface area contributed by atoms with E-state index in [1.54, 1.807) is 20.8 Å². The third-order valence-corrected chi connectivity index (χ3v) is 24.8. The Morgan fingerprint density at radius 3 is 0.991 bits per heavy atom. The number of halogens is 1. The Labute approximate surface area is 657 Å². The van der Waals surface area contributed by atoms with Crippen LogP contribution in [0.5, 0.6) is 0 Å². The van der Waals surface area contributed by atoms with Crippen LogP contribution in [0.1, 0.15) is 222 Å². The molecule has 0 saturated carbocycles. The van der Waals surface area contributed by atoms with Gasteiger partial charge in [-0.05, 0) is 164 Å². The highest BCUT2D eigenvalue weighted by Gasteiger charge is 2.55. The average molecular weight is 1640 g/mol. The van der Waals surface area contributed by atoms with Crippen LogP contribution in [0.15, 0.2) is 0 Å². The number of aliphatic hydroxyl groups excluding tert-OH is 7. The topological polar surface area (TPSA) is 376 Å². The van der Waals surface area contributed by atoms with Gasteiger partial charge >= 0.3 is 23.9 Å². The Balaban J connectivity index is 0.000000264. The predicted octanol–water partition coefficient (Wildman–Crippen LogP) is 8.97. The summed E-state index contributed by atoms with van der Waals surface area (Å²) in [4.78, 5) is 43.9. The van der Waals surface area contributed by atoms with Gasteiger partial charge in [-0.25, -0.2) is 0 Å². The van der Waals surface area contributed by atoms with Gasteiger partial charge in [0.1, 0.15) is 66.1 Å². The van der Waals surface area contributed by atoms with Crippen molar-refractivity contribution in [1.29, 1.82) is 0 Å². The van der Waals surface area contributed by atoms with Crippen LogP contribution in [0, 0.1) is 71.0 Å². The maximum atomic E-state index is 11.1. The molecule has 7 N–H and O–H groups in total. The van der Waals surface area contributed by atoms with Gasteiger partial charge in [-0.1, -0.05) is 99.0 Å².